The van der Waals surface area contributed by atoms with Crippen LogP contribution in [-0.4, -0.2) is 43.6 Å². The molecule has 1 saturated heterocycles. The average molecular weight is 302 g/mol. The number of amides is 1. The molecule has 1 amide bonds. The SMILES string of the molecule is COc1ccc(C2(CN3CCC(NC(C)=O)CC3)CC2)cc1. The van der Waals surface area contributed by atoms with E-state index in [1.165, 1.54) is 18.4 Å². The molecule has 1 N–H and O–H groups in total. The van der Waals surface area contributed by atoms with E-state index in [-0.39, 0.29) is 5.91 Å². The van der Waals surface area contributed by atoms with Crippen LogP contribution in [0.2, 0.25) is 0 Å². The Morgan fingerprint density at radius 3 is 2.41 bits per heavy atom. The first-order valence-electron chi connectivity index (χ1n) is 8.25. The number of piperidine rings is 1. The summed E-state index contributed by atoms with van der Waals surface area (Å²) >= 11 is 0. The highest BCUT2D eigenvalue weighted by atomic mass is 16.5. The fourth-order valence-electron chi connectivity index (χ4n) is 3.58. The third-order valence-electron chi connectivity index (χ3n) is 5.08. The molecule has 1 saturated carbocycles. The summed E-state index contributed by atoms with van der Waals surface area (Å²) in [4.78, 5) is 13.7. The number of hydrogen-bond donors (Lipinski definition) is 1. The molecule has 120 valence electrons. The second-order valence-corrected chi connectivity index (χ2v) is 6.76. The minimum absolute atomic E-state index is 0.0929. The monoisotopic (exact) mass is 302 g/mol. The van der Waals surface area contributed by atoms with Crippen LogP contribution in [0.25, 0.3) is 0 Å². The molecule has 1 heterocycles. The lowest BCUT2D eigenvalue weighted by Crippen LogP contribution is -2.46. The Morgan fingerprint density at radius 1 is 1.27 bits per heavy atom. The van der Waals surface area contributed by atoms with Gasteiger partial charge in [-0.25, -0.2) is 0 Å². The highest BCUT2D eigenvalue weighted by Crippen LogP contribution is 2.49. The van der Waals surface area contributed by atoms with Crippen LogP contribution >= 0.6 is 0 Å². The zero-order valence-electron chi connectivity index (χ0n) is 13.6. The summed E-state index contributed by atoms with van der Waals surface area (Å²) < 4.78 is 5.25. The quantitative estimate of drug-likeness (QED) is 0.907. The summed E-state index contributed by atoms with van der Waals surface area (Å²) in [5, 5.41) is 3.05. The van der Waals surface area contributed by atoms with Gasteiger partial charge in [-0.1, -0.05) is 12.1 Å². The molecule has 0 aromatic heterocycles. The largest absolute Gasteiger partial charge is 0.497 e. The number of carbonyl (C=O) groups excluding carboxylic acids is 1. The average Bonchev–Trinajstić information content (AvgIpc) is 3.30. The number of ether oxygens (including phenoxy) is 1. The van der Waals surface area contributed by atoms with Gasteiger partial charge in [0.2, 0.25) is 5.91 Å². The third kappa shape index (κ3) is 3.43. The number of carbonyl (C=O) groups is 1. The van der Waals surface area contributed by atoms with Crippen molar-refractivity contribution in [3.8, 4) is 5.75 Å². The molecule has 2 fully saturated rings. The van der Waals surface area contributed by atoms with Gasteiger partial charge in [0, 0.05) is 38.0 Å². The number of rotatable bonds is 5. The summed E-state index contributed by atoms with van der Waals surface area (Å²) in [5.74, 6) is 1.02. The van der Waals surface area contributed by atoms with Crippen molar-refractivity contribution in [3.05, 3.63) is 29.8 Å². The van der Waals surface area contributed by atoms with Crippen molar-refractivity contribution >= 4 is 5.91 Å². The first-order chi connectivity index (χ1) is 10.6. The first-order valence-corrected chi connectivity index (χ1v) is 8.25. The Balaban J connectivity index is 1.55. The number of likely N-dealkylation sites (tertiary alicyclic amines) is 1. The van der Waals surface area contributed by atoms with Crippen LogP contribution in [0, 0.1) is 0 Å². The molecule has 1 aromatic rings. The predicted octanol–water partition coefficient (Wildman–Crippen LogP) is 2.33. The Labute approximate surface area is 132 Å². The van der Waals surface area contributed by atoms with Crippen molar-refractivity contribution in [1.29, 1.82) is 0 Å². The van der Waals surface area contributed by atoms with Crippen LogP contribution in [0.3, 0.4) is 0 Å². The maximum Gasteiger partial charge on any atom is 0.217 e. The summed E-state index contributed by atoms with van der Waals surface area (Å²) in [6, 6.07) is 8.94. The van der Waals surface area contributed by atoms with Crippen LogP contribution in [-0.2, 0) is 10.2 Å². The summed E-state index contributed by atoms with van der Waals surface area (Å²) in [5.41, 5.74) is 1.80. The second kappa shape index (κ2) is 6.29. The molecule has 0 unspecified atom stereocenters. The van der Waals surface area contributed by atoms with Crippen LogP contribution in [0.5, 0.6) is 5.75 Å². The second-order valence-electron chi connectivity index (χ2n) is 6.76. The van der Waals surface area contributed by atoms with Crippen molar-refractivity contribution < 1.29 is 9.53 Å². The molecule has 3 rings (SSSR count). The molecule has 0 radical (unpaired) electrons. The minimum atomic E-state index is 0.0929. The Kier molecular flexibility index (Phi) is 4.39. The van der Waals surface area contributed by atoms with Gasteiger partial charge in [0.1, 0.15) is 5.75 Å². The molecular formula is C18H26N2O2. The van der Waals surface area contributed by atoms with E-state index < -0.39 is 0 Å². The lowest BCUT2D eigenvalue weighted by molar-refractivity contribution is -0.119. The van der Waals surface area contributed by atoms with Gasteiger partial charge in [0.05, 0.1) is 7.11 Å². The minimum Gasteiger partial charge on any atom is -0.497 e. The highest BCUT2D eigenvalue weighted by Gasteiger charge is 2.45. The van der Waals surface area contributed by atoms with Crippen molar-refractivity contribution in [2.24, 2.45) is 0 Å². The fourth-order valence-corrected chi connectivity index (χ4v) is 3.58. The van der Waals surface area contributed by atoms with Crippen LogP contribution in [0.4, 0.5) is 0 Å². The maximum absolute atomic E-state index is 11.1. The number of nitrogens with zero attached hydrogens (tertiary/aromatic N) is 1. The standard InChI is InChI=1S/C18H26N2O2/c1-14(21)19-16-7-11-20(12-8-16)13-18(9-10-18)15-3-5-17(22-2)6-4-15/h3-6,16H,7-13H2,1-2H3,(H,19,21). The number of nitrogens with one attached hydrogen (secondary N) is 1. The Bertz CT molecular complexity index is 514. The molecule has 0 spiro atoms. The molecule has 4 heteroatoms. The molecule has 1 aliphatic heterocycles. The summed E-state index contributed by atoms with van der Waals surface area (Å²) in [6.07, 6.45) is 4.70. The van der Waals surface area contributed by atoms with Gasteiger partial charge in [-0.2, -0.15) is 0 Å². The van der Waals surface area contributed by atoms with E-state index in [9.17, 15) is 4.79 Å². The molecule has 2 aliphatic rings. The summed E-state index contributed by atoms with van der Waals surface area (Å²) in [7, 11) is 1.71. The smallest absolute Gasteiger partial charge is 0.217 e. The van der Waals surface area contributed by atoms with Crippen LogP contribution in [0.1, 0.15) is 38.2 Å². The highest BCUT2D eigenvalue weighted by molar-refractivity contribution is 5.73. The number of hydrogen-bond acceptors (Lipinski definition) is 3. The van der Waals surface area contributed by atoms with E-state index in [0.717, 1.165) is 38.2 Å². The van der Waals surface area contributed by atoms with Gasteiger partial charge in [-0.15, -0.1) is 0 Å². The van der Waals surface area contributed by atoms with Gasteiger partial charge in [0.25, 0.3) is 0 Å². The topological polar surface area (TPSA) is 41.6 Å². The van der Waals surface area contributed by atoms with Gasteiger partial charge >= 0.3 is 0 Å². The van der Waals surface area contributed by atoms with Gasteiger partial charge in [0.15, 0.2) is 0 Å². The first kappa shape index (κ1) is 15.3. The predicted molar refractivity (Wildman–Crippen MR) is 87.2 cm³/mol. The van der Waals surface area contributed by atoms with E-state index in [0.29, 0.717) is 11.5 Å². The zero-order chi connectivity index (χ0) is 15.6. The molecule has 4 nitrogen and oxygen atoms in total. The molecule has 0 bridgehead atoms. The van der Waals surface area contributed by atoms with E-state index in [2.05, 4.69) is 34.5 Å². The lowest BCUT2D eigenvalue weighted by Gasteiger charge is -2.34. The molecule has 22 heavy (non-hydrogen) atoms. The van der Waals surface area contributed by atoms with E-state index >= 15 is 0 Å². The van der Waals surface area contributed by atoms with Crippen LogP contribution < -0.4 is 10.1 Å². The Morgan fingerprint density at radius 2 is 1.91 bits per heavy atom. The van der Waals surface area contributed by atoms with Gasteiger partial charge in [-0.3, -0.25) is 4.79 Å². The van der Waals surface area contributed by atoms with Gasteiger partial charge in [-0.05, 0) is 43.4 Å². The molecular weight excluding hydrogens is 276 g/mol. The molecule has 0 atom stereocenters. The fraction of sp³-hybridized carbons (Fsp3) is 0.611. The van der Waals surface area contributed by atoms with E-state index in [4.69, 9.17) is 4.74 Å². The van der Waals surface area contributed by atoms with Crippen molar-refractivity contribution in [1.82, 2.24) is 10.2 Å². The Hall–Kier alpha value is -1.55. The molecule has 1 aliphatic carbocycles. The number of methoxy groups -OCH3 is 1. The molecule has 1 aromatic carbocycles. The summed E-state index contributed by atoms with van der Waals surface area (Å²) in [6.45, 7) is 4.92. The van der Waals surface area contributed by atoms with E-state index in [1.807, 2.05) is 0 Å². The maximum atomic E-state index is 11.1. The normalized spacial score (nSPS) is 21.4. The van der Waals surface area contributed by atoms with Crippen LogP contribution in [0.15, 0.2) is 24.3 Å². The van der Waals surface area contributed by atoms with Crippen molar-refractivity contribution in [3.63, 3.8) is 0 Å². The third-order valence-corrected chi connectivity index (χ3v) is 5.08. The zero-order valence-corrected chi connectivity index (χ0v) is 13.6. The van der Waals surface area contributed by atoms with Crippen molar-refractivity contribution in [2.75, 3.05) is 26.7 Å². The van der Waals surface area contributed by atoms with Gasteiger partial charge < -0.3 is 15.0 Å². The van der Waals surface area contributed by atoms with Crippen molar-refractivity contribution in [2.45, 2.75) is 44.1 Å². The lowest BCUT2D eigenvalue weighted by atomic mass is 9.93. The van der Waals surface area contributed by atoms with E-state index in [1.54, 1.807) is 14.0 Å². The number of benzene rings is 1.